The maximum Gasteiger partial charge on any atom is 0.325 e. The van der Waals surface area contributed by atoms with Crippen LogP contribution in [0.2, 0.25) is 0 Å². The number of halogens is 1. The van der Waals surface area contributed by atoms with Crippen molar-refractivity contribution in [1.82, 2.24) is 25.8 Å². The zero-order chi connectivity index (χ0) is 21.1. The van der Waals surface area contributed by atoms with E-state index in [1.807, 2.05) is 0 Å². The van der Waals surface area contributed by atoms with Gasteiger partial charge in [0.2, 0.25) is 11.8 Å². The Kier molecular flexibility index (Phi) is 6.41. The molecule has 3 rings (SSSR count). The van der Waals surface area contributed by atoms with Crippen LogP contribution in [0.4, 0.5) is 4.79 Å². The van der Waals surface area contributed by atoms with Crippen LogP contribution in [0.3, 0.4) is 0 Å². The Morgan fingerprint density at radius 1 is 1.17 bits per heavy atom. The summed E-state index contributed by atoms with van der Waals surface area (Å²) >= 11 is 6.32. The topological polar surface area (TPSA) is 128 Å². The minimum absolute atomic E-state index is 0.0381. The lowest BCUT2D eigenvalue weighted by atomic mass is 9.92. The van der Waals surface area contributed by atoms with Crippen LogP contribution in [-0.2, 0) is 19.2 Å². The van der Waals surface area contributed by atoms with Gasteiger partial charge in [0.25, 0.3) is 0 Å². The molecule has 158 valence electrons. The van der Waals surface area contributed by atoms with Crippen LogP contribution in [-0.4, -0.2) is 77.7 Å². The van der Waals surface area contributed by atoms with Crippen LogP contribution in [0.5, 0.6) is 0 Å². The van der Waals surface area contributed by atoms with Gasteiger partial charge in [-0.25, -0.2) is 4.79 Å². The number of amides is 6. The second-order valence-electron chi connectivity index (χ2n) is 7.17. The van der Waals surface area contributed by atoms with Crippen LogP contribution in [0, 0.1) is 0 Å². The summed E-state index contributed by atoms with van der Waals surface area (Å²) in [4.78, 5) is 63.6. The van der Waals surface area contributed by atoms with Gasteiger partial charge in [-0.2, -0.15) is 0 Å². The first-order valence-electron chi connectivity index (χ1n) is 9.70. The maximum absolute atomic E-state index is 12.8. The lowest BCUT2D eigenvalue weighted by Crippen LogP contribution is -2.65. The molecule has 2 saturated heterocycles. The van der Waals surface area contributed by atoms with E-state index in [1.165, 1.54) is 4.90 Å². The van der Waals surface area contributed by atoms with Crippen LogP contribution in [0.1, 0.15) is 32.6 Å². The Labute approximate surface area is 173 Å². The molecule has 1 aliphatic carbocycles. The summed E-state index contributed by atoms with van der Waals surface area (Å²) in [6.45, 7) is 2.70. The number of carbonyl (C=O) groups excluding carboxylic acids is 5. The standard InChI is InChI=1S/C18H24ClN5O5/c1-2-23-7-8-24(17(28)16(23)27)18(29)22-13(10-5-3-4-6-11(10)19)15(26)21-12-9-20-14(12)25/h12-13H,2-9H2,1H3,(H,20,25)(H,21,26)(H,22,29). The maximum atomic E-state index is 12.8. The number of hydrogen-bond donors (Lipinski definition) is 3. The van der Waals surface area contributed by atoms with Gasteiger partial charge in [0.15, 0.2) is 0 Å². The summed E-state index contributed by atoms with van der Waals surface area (Å²) in [7, 11) is 0. The molecule has 0 spiro atoms. The third kappa shape index (κ3) is 4.36. The Morgan fingerprint density at radius 2 is 1.90 bits per heavy atom. The van der Waals surface area contributed by atoms with Crippen molar-refractivity contribution in [2.45, 2.75) is 44.7 Å². The van der Waals surface area contributed by atoms with Crippen molar-refractivity contribution in [2.75, 3.05) is 26.2 Å². The fourth-order valence-corrected chi connectivity index (χ4v) is 3.87. The van der Waals surface area contributed by atoms with E-state index < -0.39 is 35.8 Å². The third-order valence-electron chi connectivity index (χ3n) is 5.37. The molecule has 29 heavy (non-hydrogen) atoms. The van der Waals surface area contributed by atoms with E-state index in [0.29, 0.717) is 36.5 Å². The van der Waals surface area contributed by atoms with Crippen LogP contribution < -0.4 is 16.0 Å². The molecule has 3 N–H and O–H groups in total. The molecule has 2 fully saturated rings. The number of piperazine rings is 1. The number of β-lactam (4-membered cyclic amide) rings is 1. The van der Waals surface area contributed by atoms with Gasteiger partial charge >= 0.3 is 17.8 Å². The number of rotatable bonds is 5. The highest BCUT2D eigenvalue weighted by Crippen LogP contribution is 2.30. The smallest absolute Gasteiger partial charge is 0.325 e. The highest BCUT2D eigenvalue weighted by atomic mass is 35.5. The molecule has 2 atom stereocenters. The van der Waals surface area contributed by atoms with E-state index in [4.69, 9.17) is 11.6 Å². The average molecular weight is 426 g/mol. The summed E-state index contributed by atoms with van der Waals surface area (Å²) < 4.78 is 0. The van der Waals surface area contributed by atoms with Crippen molar-refractivity contribution in [3.8, 4) is 0 Å². The van der Waals surface area contributed by atoms with Crippen LogP contribution in [0.15, 0.2) is 10.6 Å². The fourth-order valence-electron chi connectivity index (χ4n) is 3.53. The predicted molar refractivity (Wildman–Crippen MR) is 103 cm³/mol. The Morgan fingerprint density at radius 3 is 2.48 bits per heavy atom. The van der Waals surface area contributed by atoms with Gasteiger partial charge in [-0.05, 0) is 38.2 Å². The molecular formula is C18H24ClN5O5. The molecule has 0 bridgehead atoms. The summed E-state index contributed by atoms with van der Waals surface area (Å²) in [6, 6.07) is -2.61. The number of nitrogens with zero attached hydrogens (tertiary/aromatic N) is 2. The van der Waals surface area contributed by atoms with E-state index >= 15 is 0 Å². The number of urea groups is 1. The molecule has 2 heterocycles. The third-order valence-corrected chi connectivity index (χ3v) is 5.80. The zero-order valence-electron chi connectivity index (χ0n) is 16.1. The van der Waals surface area contributed by atoms with Gasteiger partial charge in [-0.3, -0.25) is 24.1 Å². The van der Waals surface area contributed by atoms with Gasteiger partial charge in [0.05, 0.1) is 0 Å². The number of imide groups is 1. The van der Waals surface area contributed by atoms with E-state index in [1.54, 1.807) is 6.92 Å². The van der Waals surface area contributed by atoms with Gasteiger partial charge in [-0.1, -0.05) is 11.6 Å². The van der Waals surface area contributed by atoms with Crippen molar-refractivity contribution < 1.29 is 24.0 Å². The molecule has 2 unspecified atom stereocenters. The highest BCUT2D eigenvalue weighted by molar-refractivity contribution is 6.38. The van der Waals surface area contributed by atoms with Crippen molar-refractivity contribution in [2.24, 2.45) is 0 Å². The normalized spacial score (nSPS) is 23.4. The molecule has 3 aliphatic rings. The lowest BCUT2D eigenvalue weighted by molar-refractivity contribution is -0.153. The number of hydrogen-bond acceptors (Lipinski definition) is 5. The van der Waals surface area contributed by atoms with Crippen LogP contribution in [0.25, 0.3) is 0 Å². The number of likely N-dealkylation sites (N-methyl/N-ethyl adjacent to an activating group) is 1. The molecule has 0 aromatic rings. The lowest BCUT2D eigenvalue weighted by Gasteiger charge is -2.34. The van der Waals surface area contributed by atoms with E-state index in [-0.39, 0.29) is 19.0 Å². The van der Waals surface area contributed by atoms with E-state index in [9.17, 15) is 24.0 Å². The summed E-state index contributed by atoms with van der Waals surface area (Å²) in [5.74, 6) is -2.56. The number of allylic oxidation sites excluding steroid dienone is 1. The van der Waals surface area contributed by atoms with Crippen molar-refractivity contribution in [3.63, 3.8) is 0 Å². The predicted octanol–water partition coefficient (Wildman–Crippen LogP) is -0.563. The minimum Gasteiger partial charge on any atom is -0.352 e. The molecule has 0 aromatic heterocycles. The van der Waals surface area contributed by atoms with E-state index in [0.717, 1.165) is 17.7 Å². The zero-order valence-corrected chi connectivity index (χ0v) is 16.9. The monoisotopic (exact) mass is 425 g/mol. The Balaban J connectivity index is 1.76. The second kappa shape index (κ2) is 8.81. The molecule has 0 radical (unpaired) electrons. The van der Waals surface area contributed by atoms with Crippen LogP contribution >= 0.6 is 11.6 Å². The van der Waals surface area contributed by atoms with Gasteiger partial charge in [-0.15, -0.1) is 0 Å². The minimum atomic E-state index is -1.11. The summed E-state index contributed by atoms with van der Waals surface area (Å²) in [5, 5.41) is 8.16. The molecule has 0 aromatic carbocycles. The molecule has 11 heteroatoms. The fraction of sp³-hybridized carbons (Fsp3) is 0.611. The van der Waals surface area contributed by atoms with Gasteiger partial charge < -0.3 is 20.9 Å². The number of nitrogens with one attached hydrogen (secondary N) is 3. The van der Waals surface area contributed by atoms with Crippen molar-refractivity contribution >= 4 is 41.3 Å². The molecular weight excluding hydrogens is 402 g/mol. The van der Waals surface area contributed by atoms with Crippen molar-refractivity contribution in [1.29, 1.82) is 0 Å². The van der Waals surface area contributed by atoms with Gasteiger partial charge in [0.1, 0.15) is 12.1 Å². The first-order valence-corrected chi connectivity index (χ1v) is 10.1. The summed E-state index contributed by atoms with van der Waals surface area (Å²) in [5.41, 5.74) is 0.564. The quantitative estimate of drug-likeness (QED) is 0.401. The highest BCUT2D eigenvalue weighted by Gasteiger charge is 2.39. The molecule has 6 amide bonds. The first kappa shape index (κ1) is 21.1. The Bertz CT molecular complexity index is 783. The van der Waals surface area contributed by atoms with Crippen molar-refractivity contribution in [3.05, 3.63) is 10.6 Å². The average Bonchev–Trinajstić information content (AvgIpc) is 2.71. The second-order valence-corrected chi connectivity index (χ2v) is 7.62. The largest absolute Gasteiger partial charge is 0.352 e. The SMILES string of the molecule is CCN1CCN(C(=O)NC(C(=O)NC2CNC2=O)C2=C(Cl)CCCC2)C(=O)C1=O. The number of carbonyl (C=O) groups is 5. The molecule has 2 aliphatic heterocycles. The summed E-state index contributed by atoms with van der Waals surface area (Å²) in [6.07, 6.45) is 2.79. The van der Waals surface area contributed by atoms with Gasteiger partial charge in [0, 0.05) is 31.2 Å². The molecule has 10 nitrogen and oxygen atoms in total. The van der Waals surface area contributed by atoms with E-state index in [2.05, 4.69) is 16.0 Å². The first-order chi connectivity index (χ1) is 13.8. The Hall–Kier alpha value is -2.62. The molecule has 0 saturated carbocycles.